The maximum Gasteiger partial charge on any atom is 0.328 e. The molecule has 6 nitrogen and oxygen atoms in total. The molecule has 0 atom stereocenters. The Labute approximate surface area is 139 Å². The fraction of sp³-hybridized carbons (Fsp3) is 0.222. The van der Waals surface area contributed by atoms with Crippen LogP contribution in [0.25, 0.3) is 11.0 Å². The van der Waals surface area contributed by atoms with Gasteiger partial charge in [-0.15, -0.1) is 0 Å². The van der Waals surface area contributed by atoms with Crippen molar-refractivity contribution in [3.63, 3.8) is 0 Å². The second kappa shape index (κ2) is 6.23. The number of nitrogens with one attached hydrogen (secondary N) is 2. The molecule has 6 heteroatoms. The number of urea groups is 1. The molecule has 3 aromatic rings. The molecule has 1 heterocycles. The lowest BCUT2D eigenvalue weighted by Crippen LogP contribution is -2.28. The van der Waals surface area contributed by atoms with Gasteiger partial charge in [0.2, 0.25) is 0 Å². The van der Waals surface area contributed by atoms with Crippen LogP contribution in [-0.2, 0) is 20.6 Å². The van der Waals surface area contributed by atoms with Gasteiger partial charge in [0.05, 0.1) is 11.0 Å². The van der Waals surface area contributed by atoms with Crippen LogP contribution in [0.15, 0.2) is 47.3 Å². The van der Waals surface area contributed by atoms with Gasteiger partial charge in [0, 0.05) is 26.3 Å². The van der Waals surface area contributed by atoms with Gasteiger partial charge in [0.15, 0.2) is 0 Å². The van der Waals surface area contributed by atoms with Crippen molar-refractivity contribution in [3.05, 3.63) is 64.1 Å². The number of fused-ring (bicyclic) bond motifs is 1. The lowest BCUT2D eigenvalue weighted by atomic mass is 10.1. The van der Waals surface area contributed by atoms with E-state index in [9.17, 15) is 9.59 Å². The van der Waals surface area contributed by atoms with Gasteiger partial charge in [-0.25, -0.2) is 9.59 Å². The quantitative estimate of drug-likeness (QED) is 0.777. The fourth-order valence-corrected chi connectivity index (χ4v) is 2.76. The highest BCUT2D eigenvalue weighted by Gasteiger charge is 2.09. The van der Waals surface area contributed by atoms with E-state index in [4.69, 9.17) is 0 Å². The summed E-state index contributed by atoms with van der Waals surface area (Å²) in [6.07, 6.45) is 0. The zero-order chi connectivity index (χ0) is 17.3. The lowest BCUT2D eigenvalue weighted by Gasteiger charge is -2.08. The molecule has 0 unspecified atom stereocenters. The minimum Gasteiger partial charge on any atom is -0.334 e. The molecule has 2 N–H and O–H groups in total. The highest BCUT2D eigenvalue weighted by Crippen LogP contribution is 2.17. The van der Waals surface area contributed by atoms with Gasteiger partial charge in [0.25, 0.3) is 0 Å². The van der Waals surface area contributed by atoms with Crippen molar-refractivity contribution in [1.29, 1.82) is 0 Å². The number of imidazole rings is 1. The van der Waals surface area contributed by atoms with Gasteiger partial charge < -0.3 is 10.6 Å². The Morgan fingerprint density at radius 1 is 1.04 bits per heavy atom. The molecule has 0 fully saturated rings. The smallest absolute Gasteiger partial charge is 0.328 e. The van der Waals surface area contributed by atoms with Gasteiger partial charge in [-0.3, -0.25) is 9.13 Å². The summed E-state index contributed by atoms with van der Waals surface area (Å²) in [5.41, 5.74) is 4.36. The summed E-state index contributed by atoms with van der Waals surface area (Å²) < 4.78 is 3.14. The average Bonchev–Trinajstić information content (AvgIpc) is 2.77. The summed E-state index contributed by atoms with van der Waals surface area (Å²) in [6.45, 7) is 2.47. The molecule has 0 bridgehead atoms. The molecular formula is C18H20N4O2. The van der Waals surface area contributed by atoms with Crippen molar-refractivity contribution in [2.24, 2.45) is 14.1 Å². The molecule has 24 heavy (non-hydrogen) atoms. The van der Waals surface area contributed by atoms with Crippen molar-refractivity contribution in [2.75, 3.05) is 5.32 Å². The number of amides is 2. The largest absolute Gasteiger partial charge is 0.334 e. The molecule has 0 spiro atoms. The van der Waals surface area contributed by atoms with E-state index < -0.39 is 0 Å². The molecule has 0 saturated heterocycles. The molecule has 0 radical (unpaired) electrons. The minimum atomic E-state index is -0.281. The zero-order valence-corrected chi connectivity index (χ0v) is 14.0. The molecule has 0 aliphatic heterocycles. The molecule has 2 amide bonds. The topological polar surface area (TPSA) is 68.1 Å². The first-order valence-electron chi connectivity index (χ1n) is 7.71. The number of carbonyl (C=O) groups is 1. The number of rotatable bonds is 3. The number of aromatic nitrogens is 2. The SMILES string of the molecule is Cc1cccc(CNC(=O)Nc2ccc3c(c2)n(C)c(=O)n3C)c1. The lowest BCUT2D eigenvalue weighted by molar-refractivity contribution is 0.251. The third-order valence-electron chi connectivity index (χ3n) is 4.07. The first-order valence-corrected chi connectivity index (χ1v) is 7.71. The van der Waals surface area contributed by atoms with E-state index in [-0.39, 0.29) is 11.7 Å². The number of hydrogen-bond acceptors (Lipinski definition) is 2. The predicted octanol–water partition coefficient (Wildman–Crippen LogP) is 2.51. The van der Waals surface area contributed by atoms with Crippen LogP contribution in [-0.4, -0.2) is 15.2 Å². The molecule has 0 aliphatic carbocycles. The molecule has 1 aromatic heterocycles. The highest BCUT2D eigenvalue weighted by molar-refractivity contribution is 5.92. The van der Waals surface area contributed by atoms with E-state index in [1.165, 1.54) is 0 Å². The van der Waals surface area contributed by atoms with Crippen LogP contribution in [0, 0.1) is 6.92 Å². The first-order chi connectivity index (χ1) is 11.5. The number of hydrogen-bond donors (Lipinski definition) is 2. The Balaban J connectivity index is 1.71. The maximum atomic E-state index is 12.1. The third kappa shape index (κ3) is 3.03. The summed E-state index contributed by atoms with van der Waals surface area (Å²) in [5.74, 6) is 0. The van der Waals surface area contributed by atoms with Gasteiger partial charge in [-0.2, -0.15) is 0 Å². The first kappa shape index (κ1) is 15.9. The van der Waals surface area contributed by atoms with Crippen LogP contribution in [0.5, 0.6) is 0 Å². The predicted molar refractivity (Wildman–Crippen MR) is 95.2 cm³/mol. The minimum absolute atomic E-state index is 0.0916. The number of anilines is 1. The number of aryl methyl sites for hydroxylation is 3. The number of benzene rings is 2. The van der Waals surface area contributed by atoms with Crippen molar-refractivity contribution in [2.45, 2.75) is 13.5 Å². The summed E-state index contributed by atoms with van der Waals surface area (Å²) in [7, 11) is 3.44. The van der Waals surface area contributed by atoms with Crippen LogP contribution in [0.3, 0.4) is 0 Å². The van der Waals surface area contributed by atoms with Crippen molar-refractivity contribution in [3.8, 4) is 0 Å². The Hall–Kier alpha value is -3.02. The summed E-state index contributed by atoms with van der Waals surface area (Å²) in [4.78, 5) is 24.0. The van der Waals surface area contributed by atoms with Gasteiger partial charge in [-0.1, -0.05) is 29.8 Å². The van der Waals surface area contributed by atoms with Crippen LogP contribution < -0.4 is 16.3 Å². The zero-order valence-electron chi connectivity index (χ0n) is 14.0. The van der Waals surface area contributed by atoms with Gasteiger partial charge >= 0.3 is 11.7 Å². The Morgan fingerprint density at radius 3 is 2.54 bits per heavy atom. The van der Waals surface area contributed by atoms with E-state index in [1.54, 1.807) is 35.4 Å². The fourth-order valence-electron chi connectivity index (χ4n) is 2.76. The molecular weight excluding hydrogens is 304 g/mol. The monoisotopic (exact) mass is 324 g/mol. The second-order valence-corrected chi connectivity index (χ2v) is 5.90. The van der Waals surface area contributed by atoms with Crippen molar-refractivity contribution >= 4 is 22.8 Å². The molecule has 3 rings (SSSR count). The Kier molecular flexibility index (Phi) is 4.12. The van der Waals surface area contributed by atoms with Crippen LogP contribution in [0.1, 0.15) is 11.1 Å². The number of carbonyl (C=O) groups excluding carboxylic acids is 1. The van der Waals surface area contributed by atoms with Crippen LogP contribution in [0.2, 0.25) is 0 Å². The Bertz CT molecular complexity index is 969. The normalized spacial score (nSPS) is 10.8. The summed E-state index contributed by atoms with van der Waals surface area (Å²) in [5, 5.41) is 5.63. The molecule has 124 valence electrons. The van der Waals surface area contributed by atoms with Crippen molar-refractivity contribution < 1.29 is 4.79 Å². The van der Waals surface area contributed by atoms with E-state index >= 15 is 0 Å². The highest BCUT2D eigenvalue weighted by atomic mass is 16.2. The molecule has 0 aliphatic rings. The van der Waals surface area contributed by atoms with Gasteiger partial charge in [0.1, 0.15) is 0 Å². The average molecular weight is 324 g/mol. The maximum absolute atomic E-state index is 12.1. The van der Waals surface area contributed by atoms with E-state index in [0.717, 1.165) is 22.2 Å². The summed E-state index contributed by atoms with van der Waals surface area (Å²) >= 11 is 0. The number of nitrogens with zero attached hydrogens (tertiary/aromatic N) is 2. The molecule has 0 saturated carbocycles. The Morgan fingerprint density at radius 2 is 1.79 bits per heavy atom. The van der Waals surface area contributed by atoms with Crippen LogP contribution >= 0.6 is 0 Å². The summed E-state index contributed by atoms with van der Waals surface area (Å²) in [6, 6.07) is 13.1. The van der Waals surface area contributed by atoms with E-state index in [2.05, 4.69) is 10.6 Å². The van der Waals surface area contributed by atoms with Gasteiger partial charge in [-0.05, 0) is 30.7 Å². The van der Waals surface area contributed by atoms with E-state index in [0.29, 0.717) is 12.2 Å². The van der Waals surface area contributed by atoms with Crippen LogP contribution in [0.4, 0.5) is 10.5 Å². The van der Waals surface area contributed by atoms with E-state index in [1.807, 2.05) is 37.3 Å². The standard InChI is InChI=1S/C18H20N4O2/c1-12-5-4-6-13(9-12)11-19-17(23)20-14-7-8-15-16(10-14)22(3)18(24)21(15)2/h4-10H,11H2,1-3H3,(H2,19,20,23). The van der Waals surface area contributed by atoms with Crippen molar-refractivity contribution in [1.82, 2.24) is 14.5 Å². The second-order valence-electron chi connectivity index (χ2n) is 5.90. The molecule has 2 aromatic carbocycles. The third-order valence-corrected chi connectivity index (χ3v) is 4.07.